The molecule has 2 N–H and O–H groups in total. The van der Waals surface area contributed by atoms with E-state index in [0.717, 1.165) is 36.2 Å². The molecular weight excluding hydrogens is 276 g/mol. The van der Waals surface area contributed by atoms with Crippen molar-refractivity contribution in [3.8, 4) is 0 Å². The molecule has 4 heteroatoms. The molecule has 0 unspecified atom stereocenters. The number of hydrogen-bond donors (Lipinski definition) is 2. The third-order valence-electron chi connectivity index (χ3n) is 4.63. The van der Waals surface area contributed by atoms with E-state index in [1.165, 1.54) is 32.1 Å². The van der Waals surface area contributed by atoms with Gasteiger partial charge in [0.05, 0.1) is 12.7 Å². The Morgan fingerprint density at radius 3 is 2.95 bits per heavy atom. The summed E-state index contributed by atoms with van der Waals surface area (Å²) in [6.07, 6.45) is 8.70. The van der Waals surface area contributed by atoms with E-state index < -0.39 is 0 Å². The van der Waals surface area contributed by atoms with Gasteiger partial charge in [0, 0.05) is 24.3 Å². The minimum atomic E-state index is 0.0211. The molecule has 1 aliphatic heterocycles. The third kappa shape index (κ3) is 3.80. The fourth-order valence-corrected chi connectivity index (χ4v) is 3.44. The van der Waals surface area contributed by atoms with Gasteiger partial charge in [0.1, 0.15) is 0 Å². The normalized spacial score (nSPS) is 18.4. The molecular formula is C18H26N2O2. The lowest BCUT2D eigenvalue weighted by atomic mass is 9.97. The monoisotopic (exact) mass is 302 g/mol. The van der Waals surface area contributed by atoms with Crippen molar-refractivity contribution < 1.29 is 9.53 Å². The van der Waals surface area contributed by atoms with Crippen LogP contribution in [0.5, 0.6) is 0 Å². The molecule has 1 heterocycles. The van der Waals surface area contributed by atoms with Gasteiger partial charge in [-0.05, 0) is 43.4 Å². The summed E-state index contributed by atoms with van der Waals surface area (Å²) in [6.45, 7) is 2.20. The topological polar surface area (TPSA) is 50.4 Å². The summed E-state index contributed by atoms with van der Waals surface area (Å²) in [7, 11) is 0. The quantitative estimate of drug-likeness (QED) is 0.822. The molecule has 1 saturated carbocycles. The second-order valence-electron chi connectivity index (χ2n) is 6.25. The average molecular weight is 302 g/mol. The molecule has 0 spiro atoms. The van der Waals surface area contributed by atoms with Crippen LogP contribution >= 0.6 is 0 Å². The molecule has 1 aromatic carbocycles. The van der Waals surface area contributed by atoms with Gasteiger partial charge in [-0.15, -0.1) is 0 Å². The van der Waals surface area contributed by atoms with E-state index in [-0.39, 0.29) is 5.91 Å². The molecule has 0 bridgehead atoms. The highest BCUT2D eigenvalue weighted by atomic mass is 16.5. The van der Waals surface area contributed by atoms with Crippen LogP contribution in [-0.2, 0) is 11.2 Å². The predicted octanol–water partition coefficient (Wildman–Crippen LogP) is 3.12. The first-order chi connectivity index (χ1) is 10.8. The zero-order valence-electron chi connectivity index (χ0n) is 13.2. The van der Waals surface area contributed by atoms with Gasteiger partial charge < -0.3 is 15.4 Å². The third-order valence-corrected chi connectivity index (χ3v) is 4.63. The molecule has 1 aromatic rings. The van der Waals surface area contributed by atoms with Crippen LogP contribution in [0.25, 0.3) is 0 Å². The van der Waals surface area contributed by atoms with Gasteiger partial charge in [0.2, 0.25) is 0 Å². The van der Waals surface area contributed by atoms with Gasteiger partial charge in [-0.25, -0.2) is 0 Å². The maximum absolute atomic E-state index is 12.4. The summed E-state index contributed by atoms with van der Waals surface area (Å²) < 4.78 is 5.85. The Morgan fingerprint density at radius 2 is 2.09 bits per heavy atom. The lowest BCUT2D eigenvalue weighted by molar-refractivity contribution is 0.0299. The molecule has 1 fully saturated rings. The summed E-state index contributed by atoms with van der Waals surface area (Å²) in [5.41, 5.74) is 3.07. The fourth-order valence-electron chi connectivity index (χ4n) is 3.44. The van der Waals surface area contributed by atoms with E-state index in [1.54, 1.807) is 0 Å². The fraction of sp³-hybridized carbons (Fsp3) is 0.611. The van der Waals surface area contributed by atoms with Crippen molar-refractivity contribution in [2.75, 3.05) is 25.0 Å². The van der Waals surface area contributed by atoms with Crippen molar-refractivity contribution in [2.24, 2.45) is 0 Å². The van der Waals surface area contributed by atoms with Crippen LogP contribution in [0.2, 0.25) is 0 Å². The highest BCUT2D eigenvalue weighted by molar-refractivity contribution is 5.97. The van der Waals surface area contributed by atoms with Crippen molar-refractivity contribution in [3.05, 3.63) is 29.3 Å². The molecule has 0 atom stereocenters. The number of anilines is 1. The van der Waals surface area contributed by atoms with Crippen LogP contribution in [0.1, 0.15) is 54.4 Å². The molecule has 0 saturated heterocycles. The van der Waals surface area contributed by atoms with Gasteiger partial charge in [0.25, 0.3) is 5.91 Å². The Bertz CT molecular complexity index is 510. The van der Waals surface area contributed by atoms with Crippen LogP contribution in [0.15, 0.2) is 18.2 Å². The number of ether oxygens (including phenoxy) is 1. The van der Waals surface area contributed by atoms with Crippen LogP contribution in [0.3, 0.4) is 0 Å². The van der Waals surface area contributed by atoms with Crippen molar-refractivity contribution in [1.29, 1.82) is 0 Å². The van der Waals surface area contributed by atoms with Crippen LogP contribution in [0, 0.1) is 0 Å². The smallest absolute Gasteiger partial charge is 0.251 e. The maximum atomic E-state index is 12.4. The number of fused-ring (bicyclic) bond motifs is 1. The minimum absolute atomic E-state index is 0.0211. The number of hydrogen-bond acceptors (Lipinski definition) is 3. The Kier molecular flexibility index (Phi) is 5.33. The molecule has 0 radical (unpaired) electrons. The van der Waals surface area contributed by atoms with Crippen molar-refractivity contribution in [2.45, 2.75) is 51.0 Å². The SMILES string of the molecule is O=C(NCCOC1CCCCC1)c1cccc2c1CCCN2. The van der Waals surface area contributed by atoms with E-state index in [9.17, 15) is 4.79 Å². The zero-order valence-corrected chi connectivity index (χ0v) is 13.2. The van der Waals surface area contributed by atoms with Gasteiger partial charge in [-0.3, -0.25) is 4.79 Å². The molecule has 3 rings (SSSR count). The van der Waals surface area contributed by atoms with E-state index in [0.29, 0.717) is 19.3 Å². The number of carbonyl (C=O) groups excluding carboxylic acids is 1. The van der Waals surface area contributed by atoms with Crippen molar-refractivity contribution >= 4 is 11.6 Å². The van der Waals surface area contributed by atoms with Crippen molar-refractivity contribution in [1.82, 2.24) is 5.32 Å². The largest absolute Gasteiger partial charge is 0.385 e. The first-order valence-electron chi connectivity index (χ1n) is 8.60. The summed E-state index contributed by atoms with van der Waals surface area (Å²) in [4.78, 5) is 12.4. The lowest BCUT2D eigenvalue weighted by Crippen LogP contribution is -2.30. The Hall–Kier alpha value is -1.55. The summed E-state index contributed by atoms with van der Waals surface area (Å²) in [5, 5.41) is 6.36. The average Bonchev–Trinajstić information content (AvgIpc) is 2.59. The minimum Gasteiger partial charge on any atom is -0.385 e. The molecule has 2 aliphatic rings. The zero-order chi connectivity index (χ0) is 15.2. The number of rotatable bonds is 5. The number of amides is 1. The van der Waals surface area contributed by atoms with Gasteiger partial charge in [-0.1, -0.05) is 25.3 Å². The van der Waals surface area contributed by atoms with E-state index in [4.69, 9.17) is 4.74 Å². The predicted molar refractivity (Wildman–Crippen MR) is 88.4 cm³/mol. The summed E-state index contributed by atoms with van der Waals surface area (Å²) >= 11 is 0. The number of nitrogens with one attached hydrogen (secondary N) is 2. The number of carbonyl (C=O) groups is 1. The first kappa shape index (κ1) is 15.3. The Balaban J connectivity index is 1.48. The van der Waals surface area contributed by atoms with E-state index in [2.05, 4.69) is 16.7 Å². The molecule has 22 heavy (non-hydrogen) atoms. The highest BCUT2D eigenvalue weighted by Crippen LogP contribution is 2.25. The lowest BCUT2D eigenvalue weighted by Gasteiger charge is -2.22. The molecule has 1 amide bonds. The Labute approximate surface area is 132 Å². The van der Waals surface area contributed by atoms with Gasteiger partial charge in [0.15, 0.2) is 0 Å². The summed E-state index contributed by atoms with van der Waals surface area (Å²) in [6, 6.07) is 5.92. The molecule has 0 aromatic heterocycles. The standard InChI is InChI=1S/C18H26N2O2/c21-18(20-12-13-22-14-6-2-1-3-7-14)16-8-4-10-17-15(16)9-5-11-19-17/h4,8,10,14,19H,1-3,5-7,9,11-13H2,(H,20,21). The van der Waals surface area contributed by atoms with Crippen molar-refractivity contribution in [3.63, 3.8) is 0 Å². The van der Waals surface area contributed by atoms with E-state index in [1.807, 2.05) is 12.1 Å². The molecule has 120 valence electrons. The second-order valence-corrected chi connectivity index (χ2v) is 6.25. The highest BCUT2D eigenvalue weighted by Gasteiger charge is 2.17. The second kappa shape index (κ2) is 7.63. The van der Waals surface area contributed by atoms with Crippen LogP contribution < -0.4 is 10.6 Å². The first-order valence-corrected chi connectivity index (χ1v) is 8.60. The molecule has 4 nitrogen and oxygen atoms in total. The Morgan fingerprint density at radius 1 is 1.23 bits per heavy atom. The van der Waals surface area contributed by atoms with Crippen LogP contribution in [0.4, 0.5) is 5.69 Å². The molecule has 1 aliphatic carbocycles. The maximum Gasteiger partial charge on any atom is 0.251 e. The van der Waals surface area contributed by atoms with E-state index >= 15 is 0 Å². The van der Waals surface area contributed by atoms with Gasteiger partial charge >= 0.3 is 0 Å². The summed E-state index contributed by atoms with van der Waals surface area (Å²) in [5.74, 6) is 0.0211. The number of benzene rings is 1. The van der Waals surface area contributed by atoms with Crippen LogP contribution in [-0.4, -0.2) is 31.7 Å². The van der Waals surface area contributed by atoms with Gasteiger partial charge in [-0.2, -0.15) is 0 Å².